The van der Waals surface area contributed by atoms with Crippen LogP contribution >= 0.6 is 0 Å². The van der Waals surface area contributed by atoms with Gasteiger partial charge in [0.05, 0.1) is 0 Å². The monoisotopic (exact) mass is 201 g/mol. The van der Waals surface area contributed by atoms with Gasteiger partial charge < -0.3 is 5.73 Å². The molecule has 3 rings (SSSR count). The first kappa shape index (κ1) is 9.41. The van der Waals surface area contributed by atoms with Gasteiger partial charge in [0.25, 0.3) is 0 Å². The van der Waals surface area contributed by atoms with E-state index in [1.165, 1.54) is 38.5 Å². The van der Waals surface area contributed by atoms with Crippen molar-refractivity contribution in [3.8, 4) is 0 Å². The summed E-state index contributed by atoms with van der Waals surface area (Å²) in [5.41, 5.74) is 11.1. The van der Waals surface area contributed by atoms with Gasteiger partial charge in [0.1, 0.15) is 0 Å². The van der Waals surface area contributed by atoms with E-state index in [0.29, 0.717) is 5.41 Å². The van der Waals surface area contributed by atoms with Crippen molar-refractivity contribution < 1.29 is 0 Å². The zero-order chi connectivity index (χ0) is 10.3. The quantitative estimate of drug-likeness (QED) is 0.782. The van der Waals surface area contributed by atoms with E-state index in [1.807, 2.05) is 0 Å². The van der Waals surface area contributed by atoms with Crippen molar-refractivity contribution >= 4 is 0 Å². The van der Waals surface area contributed by atoms with Crippen molar-refractivity contribution in [1.82, 2.24) is 0 Å². The lowest BCUT2D eigenvalue weighted by atomic mass is 9.82. The molecule has 0 radical (unpaired) electrons. The molecule has 1 aromatic rings. The Labute approximate surface area is 91.7 Å². The third kappa shape index (κ3) is 1.41. The summed E-state index contributed by atoms with van der Waals surface area (Å²) in [7, 11) is 0. The first-order valence-corrected chi connectivity index (χ1v) is 6.17. The summed E-state index contributed by atoms with van der Waals surface area (Å²) >= 11 is 0. The molecule has 0 heterocycles. The van der Waals surface area contributed by atoms with E-state index in [2.05, 4.69) is 18.2 Å². The van der Waals surface area contributed by atoms with Crippen LogP contribution in [0.2, 0.25) is 0 Å². The largest absolute Gasteiger partial charge is 0.330 e. The lowest BCUT2D eigenvalue weighted by Gasteiger charge is -2.24. The van der Waals surface area contributed by atoms with Crippen LogP contribution in [-0.4, -0.2) is 6.54 Å². The summed E-state index contributed by atoms with van der Waals surface area (Å²) in [6.45, 7) is 0.837. The molecule has 2 aliphatic carbocycles. The number of hydrogen-bond donors (Lipinski definition) is 1. The van der Waals surface area contributed by atoms with Crippen LogP contribution in [0.25, 0.3) is 0 Å². The highest BCUT2D eigenvalue weighted by atomic mass is 14.7. The predicted molar refractivity (Wildman–Crippen MR) is 63.1 cm³/mol. The molecule has 0 unspecified atom stereocenters. The molecule has 80 valence electrons. The topological polar surface area (TPSA) is 26.0 Å². The number of rotatable bonds is 2. The molecule has 1 fully saturated rings. The maximum absolute atomic E-state index is 5.93. The van der Waals surface area contributed by atoms with Crippen LogP contribution in [0.5, 0.6) is 0 Å². The van der Waals surface area contributed by atoms with E-state index < -0.39 is 0 Å². The standard InChI is InChI=1S/C14H19N/c15-10-14(8-9-14)13-7-3-5-11-4-1-2-6-12(11)13/h3,5,7H,1-2,4,6,8-10,15H2. The molecule has 0 spiro atoms. The fourth-order valence-electron chi connectivity index (χ4n) is 3.01. The van der Waals surface area contributed by atoms with Crippen molar-refractivity contribution in [2.75, 3.05) is 6.54 Å². The minimum Gasteiger partial charge on any atom is -0.330 e. The molecule has 0 atom stereocenters. The van der Waals surface area contributed by atoms with Gasteiger partial charge in [0.15, 0.2) is 0 Å². The molecule has 1 heteroatoms. The van der Waals surface area contributed by atoms with Crippen LogP contribution in [0, 0.1) is 0 Å². The molecule has 15 heavy (non-hydrogen) atoms. The van der Waals surface area contributed by atoms with Gasteiger partial charge in [-0.3, -0.25) is 0 Å². The van der Waals surface area contributed by atoms with Gasteiger partial charge in [-0.25, -0.2) is 0 Å². The van der Waals surface area contributed by atoms with Crippen LogP contribution in [0.4, 0.5) is 0 Å². The lowest BCUT2D eigenvalue weighted by Crippen LogP contribution is -2.22. The van der Waals surface area contributed by atoms with Gasteiger partial charge in [-0.2, -0.15) is 0 Å². The number of hydrogen-bond acceptors (Lipinski definition) is 1. The van der Waals surface area contributed by atoms with Gasteiger partial charge in [-0.05, 0) is 55.2 Å². The van der Waals surface area contributed by atoms with Crippen LogP contribution < -0.4 is 5.73 Å². The minimum atomic E-state index is 0.378. The Morgan fingerprint density at radius 2 is 1.93 bits per heavy atom. The number of aryl methyl sites for hydroxylation is 1. The van der Waals surface area contributed by atoms with Crippen molar-refractivity contribution in [3.05, 3.63) is 34.9 Å². The van der Waals surface area contributed by atoms with E-state index >= 15 is 0 Å². The molecule has 0 amide bonds. The predicted octanol–water partition coefficient (Wildman–Crippen LogP) is 2.56. The second-order valence-electron chi connectivity index (χ2n) is 5.13. The van der Waals surface area contributed by atoms with Crippen LogP contribution in [0.3, 0.4) is 0 Å². The van der Waals surface area contributed by atoms with E-state index in [1.54, 1.807) is 16.7 Å². The van der Waals surface area contributed by atoms with Gasteiger partial charge in [-0.15, -0.1) is 0 Å². The first-order chi connectivity index (χ1) is 7.36. The van der Waals surface area contributed by atoms with E-state index in [-0.39, 0.29) is 0 Å². The van der Waals surface area contributed by atoms with Crippen molar-refractivity contribution in [1.29, 1.82) is 0 Å². The highest BCUT2D eigenvalue weighted by molar-refractivity contribution is 5.44. The summed E-state index contributed by atoms with van der Waals surface area (Å²) in [4.78, 5) is 0. The highest BCUT2D eigenvalue weighted by Crippen LogP contribution is 2.49. The summed E-state index contributed by atoms with van der Waals surface area (Å²) in [5, 5.41) is 0. The molecule has 2 aliphatic rings. The first-order valence-electron chi connectivity index (χ1n) is 6.17. The molecular weight excluding hydrogens is 182 g/mol. The lowest BCUT2D eigenvalue weighted by molar-refractivity contribution is 0.642. The van der Waals surface area contributed by atoms with E-state index in [4.69, 9.17) is 5.73 Å². The average molecular weight is 201 g/mol. The van der Waals surface area contributed by atoms with Gasteiger partial charge in [0, 0.05) is 12.0 Å². The van der Waals surface area contributed by atoms with Gasteiger partial charge >= 0.3 is 0 Å². The zero-order valence-corrected chi connectivity index (χ0v) is 9.26. The number of fused-ring (bicyclic) bond motifs is 1. The Morgan fingerprint density at radius 3 is 2.67 bits per heavy atom. The molecule has 1 aromatic carbocycles. The zero-order valence-electron chi connectivity index (χ0n) is 9.26. The second-order valence-corrected chi connectivity index (χ2v) is 5.13. The van der Waals surface area contributed by atoms with E-state index in [9.17, 15) is 0 Å². The third-order valence-electron chi connectivity index (χ3n) is 4.21. The Kier molecular flexibility index (Phi) is 2.10. The Balaban J connectivity index is 2.08. The van der Waals surface area contributed by atoms with Crippen molar-refractivity contribution in [2.24, 2.45) is 5.73 Å². The summed E-state index contributed by atoms with van der Waals surface area (Å²) < 4.78 is 0. The molecule has 0 saturated heterocycles. The minimum absolute atomic E-state index is 0.378. The molecule has 0 aromatic heterocycles. The Bertz CT molecular complexity index is 377. The molecule has 0 bridgehead atoms. The molecule has 1 nitrogen and oxygen atoms in total. The van der Waals surface area contributed by atoms with Gasteiger partial charge in [-0.1, -0.05) is 18.2 Å². The molecule has 2 N–H and O–H groups in total. The van der Waals surface area contributed by atoms with Gasteiger partial charge in [0.2, 0.25) is 0 Å². The maximum atomic E-state index is 5.93. The molecular formula is C14H19N. The summed E-state index contributed by atoms with van der Waals surface area (Å²) in [6.07, 6.45) is 7.91. The summed E-state index contributed by atoms with van der Waals surface area (Å²) in [5.74, 6) is 0. The van der Waals surface area contributed by atoms with E-state index in [0.717, 1.165) is 6.54 Å². The normalized spacial score (nSPS) is 22.2. The van der Waals surface area contributed by atoms with Crippen LogP contribution in [-0.2, 0) is 18.3 Å². The van der Waals surface area contributed by atoms with Crippen molar-refractivity contribution in [2.45, 2.75) is 43.9 Å². The SMILES string of the molecule is NCC1(c2cccc3c2CCCC3)CC1. The van der Waals surface area contributed by atoms with Crippen LogP contribution in [0.1, 0.15) is 42.4 Å². The fourth-order valence-corrected chi connectivity index (χ4v) is 3.01. The third-order valence-corrected chi connectivity index (χ3v) is 4.21. The fraction of sp³-hybridized carbons (Fsp3) is 0.571. The maximum Gasteiger partial charge on any atom is 0.00790 e. The van der Waals surface area contributed by atoms with Crippen LogP contribution in [0.15, 0.2) is 18.2 Å². The number of benzene rings is 1. The average Bonchev–Trinajstić information content (AvgIpc) is 3.09. The summed E-state index contributed by atoms with van der Waals surface area (Å²) in [6, 6.07) is 6.86. The highest BCUT2D eigenvalue weighted by Gasteiger charge is 2.44. The Morgan fingerprint density at radius 1 is 1.13 bits per heavy atom. The smallest absolute Gasteiger partial charge is 0.00790 e. The molecule has 1 saturated carbocycles. The molecule has 0 aliphatic heterocycles. The Hall–Kier alpha value is -0.820. The number of nitrogens with two attached hydrogens (primary N) is 1. The second kappa shape index (κ2) is 3.34. The van der Waals surface area contributed by atoms with Crippen molar-refractivity contribution in [3.63, 3.8) is 0 Å².